The molecule has 0 saturated carbocycles. The van der Waals surface area contributed by atoms with E-state index in [1.54, 1.807) is 23.5 Å². The number of hydrogen-bond donors (Lipinski definition) is 3. The van der Waals surface area contributed by atoms with Gasteiger partial charge in [-0.2, -0.15) is 0 Å². The minimum Gasteiger partial charge on any atom is -0.491 e. The first-order valence-corrected chi connectivity index (χ1v) is 8.83. The summed E-state index contributed by atoms with van der Waals surface area (Å²) in [6.07, 6.45) is -0.648. The number of carbonyl (C=O) groups excluding carboxylic acids is 1. The number of aliphatic hydroxyl groups excluding tert-OH is 1. The Balaban J connectivity index is 1.76. The molecule has 5 nitrogen and oxygen atoms in total. The Morgan fingerprint density at radius 3 is 2.50 bits per heavy atom. The molecule has 0 aliphatic carbocycles. The summed E-state index contributed by atoms with van der Waals surface area (Å²) in [5.74, 6) is 0.762. The van der Waals surface area contributed by atoms with Gasteiger partial charge in [0.25, 0.3) is 0 Å². The number of thiophene rings is 1. The maximum absolute atomic E-state index is 11.8. The molecule has 130 valence electrons. The van der Waals surface area contributed by atoms with Crippen LogP contribution in [0, 0.1) is 6.92 Å². The van der Waals surface area contributed by atoms with Gasteiger partial charge < -0.3 is 20.5 Å². The number of aliphatic hydroxyl groups is 1. The van der Waals surface area contributed by atoms with Gasteiger partial charge in [0.2, 0.25) is 0 Å². The minimum atomic E-state index is -0.757. The lowest BCUT2D eigenvalue weighted by Gasteiger charge is -2.14. The quantitative estimate of drug-likeness (QED) is 0.718. The summed E-state index contributed by atoms with van der Waals surface area (Å²) >= 11 is 1.61. The van der Waals surface area contributed by atoms with Crippen molar-refractivity contribution in [3.05, 3.63) is 51.7 Å². The fourth-order valence-electron chi connectivity index (χ4n) is 2.16. The van der Waals surface area contributed by atoms with E-state index in [1.807, 2.05) is 44.4 Å². The van der Waals surface area contributed by atoms with Crippen LogP contribution in [0.5, 0.6) is 5.75 Å². The van der Waals surface area contributed by atoms with Crippen molar-refractivity contribution in [2.45, 2.75) is 39.5 Å². The average Bonchev–Trinajstić information content (AvgIpc) is 2.96. The summed E-state index contributed by atoms with van der Waals surface area (Å²) in [4.78, 5) is 12.9. The van der Waals surface area contributed by atoms with Crippen LogP contribution in [0.4, 0.5) is 4.79 Å². The summed E-state index contributed by atoms with van der Waals surface area (Å²) in [6.45, 7) is 6.58. The van der Waals surface area contributed by atoms with Gasteiger partial charge in [0.1, 0.15) is 5.75 Å². The molecule has 0 fully saturated rings. The molecule has 1 aromatic carbocycles. The molecule has 1 aromatic heterocycles. The molecule has 2 aromatic rings. The van der Waals surface area contributed by atoms with E-state index >= 15 is 0 Å². The number of benzene rings is 1. The van der Waals surface area contributed by atoms with Crippen molar-refractivity contribution in [1.29, 1.82) is 0 Å². The topological polar surface area (TPSA) is 70.6 Å². The van der Waals surface area contributed by atoms with Crippen LogP contribution < -0.4 is 15.4 Å². The van der Waals surface area contributed by atoms with Crippen LogP contribution >= 0.6 is 11.3 Å². The van der Waals surface area contributed by atoms with Gasteiger partial charge in [-0.25, -0.2) is 4.79 Å². The van der Waals surface area contributed by atoms with Crippen molar-refractivity contribution in [1.82, 2.24) is 10.6 Å². The second kappa shape index (κ2) is 8.70. The summed E-state index contributed by atoms with van der Waals surface area (Å²) in [5, 5.41) is 17.6. The third-order valence-electron chi connectivity index (χ3n) is 3.47. The third kappa shape index (κ3) is 5.54. The van der Waals surface area contributed by atoms with Gasteiger partial charge in [-0.3, -0.25) is 0 Å². The van der Waals surface area contributed by atoms with Crippen LogP contribution in [-0.2, 0) is 6.54 Å². The number of hydrogen-bond acceptors (Lipinski definition) is 4. The van der Waals surface area contributed by atoms with E-state index in [0.717, 1.165) is 16.2 Å². The fraction of sp³-hybridized carbons (Fsp3) is 0.389. The van der Waals surface area contributed by atoms with E-state index in [4.69, 9.17) is 4.74 Å². The van der Waals surface area contributed by atoms with E-state index in [9.17, 15) is 9.90 Å². The summed E-state index contributed by atoms with van der Waals surface area (Å²) in [5.41, 5.74) is 1.91. The van der Waals surface area contributed by atoms with Crippen LogP contribution in [0.25, 0.3) is 0 Å². The second-order valence-corrected chi connectivity index (χ2v) is 6.84. The van der Waals surface area contributed by atoms with E-state index in [0.29, 0.717) is 6.54 Å². The predicted octanol–water partition coefficient (Wildman–Crippen LogP) is 3.38. The minimum absolute atomic E-state index is 0.109. The molecule has 0 aliphatic heterocycles. The van der Waals surface area contributed by atoms with Gasteiger partial charge in [-0.15, -0.1) is 11.3 Å². The molecular formula is C18H24N2O3S. The van der Waals surface area contributed by atoms with E-state index in [1.165, 1.54) is 5.56 Å². The first-order valence-electron chi connectivity index (χ1n) is 7.95. The highest BCUT2D eigenvalue weighted by atomic mass is 32.1. The van der Waals surface area contributed by atoms with E-state index < -0.39 is 6.10 Å². The molecular weight excluding hydrogens is 324 g/mol. The van der Waals surface area contributed by atoms with Crippen molar-refractivity contribution in [3.8, 4) is 5.75 Å². The SMILES string of the molecule is Cc1ccsc1CNC(=O)NCC(O)c1ccc(OC(C)C)cc1. The van der Waals surface area contributed by atoms with Gasteiger partial charge in [-0.05, 0) is 55.5 Å². The first kappa shape index (κ1) is 18.3. The standard InChI is InChI=1S/C18H24N2O3S/c1-12(2)23-15-6-4-14(5-7-15)16(21)10-19-18(22)20-11-17-13(3)8-9-24-17/h4-9,12,16,21H,10-11H2,1-3H3,(H2,19,20,22). The Morgan fingerprint density at radius 2 is 1.92 bits per heavy atom. The number of ether oxygens (including phenoxy) is 1. The van der Waals surface area contributed by atoms with Crippen molar-refractivity contribution in [3.63, 3.8) is 0 Å². The zero-order chi connectivity index (χ0) is 17.5. The Kier molecular flexibility index (Phi) is 6.63. The molecule has 0 spiro atoms. The normalized spacial score (nSPS) is 12.0. The Hall–Kier alpha value is -2.05. The molecule has 0 saturated heterocycles. The van der Waals surface area contributed by atoms with Crippen molar-refractivity contribution < 1.29 is 14.6 Å². The van der Waals surface area contributed by atoms with Gasteiger partial charge in [0.05, 0.1) is 18.8 Å². The Labute approximate surface area is 146 Å². The third-order valence-corrected chi connectivity index (χ3v) is 4.49. The van der Waals surface area contributed by atoms with Gasteiger partial charge in [-0.1, -0.05) is 12.1 Å². The van der Waals surface area contributed by atoms with Crippen molar-refractivity contribution in [2.24, 2.45) is 0 Å². The molecule has 1 atom stereocenters. The summed E-state index contributed by atoms with van der Waals surface area (Å²) < 4.78 is 5.56. The highest BCUT2D eigenvalue weighted by Crippen LogP contribution is 2.18. The van der Waals surface area contributed by atoms with Crippen molar-refractivity contribution >= 4 is 17.4 Å². The monoisotopic (exact) mass is 348 g/mol. The number of rotatable bonds is 7. The lowest BCUT2D eigenvalue weighted by molar-refractivity contribution is 0.173. The number of nitrogens with one attached hydrogen (secondary N) is 2. The molecule has 0 bridgehead atoms. The molecule has 0 aliphatic rings. The second-order valence-electron chi connectivity index (χ2n) is 5.84. The van der Waals surface area contributed by atoms with E-state index in [2.05, 4.69) is 10.6 Å². The largest absolute Gasteiger partial charge is 0.491 e. The van der Waals surface area contributed by atoms with Gasteiger partial charge >= 0.3 is 6.03 Å². The number of aryl methyl sites for hydroxylation is 1. The number of carbonyl (C=O) groups is 1. The van der Waals surface area contributed by atoms with Crippen LogP contribution in [-0.4, -0.2) is 23.8 Å². The highest BCUT2D eigenvalue weighted by molar-refractivity contribution is 7.10. The molecule has 0 radical (unpaired) electrons. The molecule has 2 amide bonds. The van der Waals surface area contributed by atoms with Crippen LogP contribution in [0.1, 0.15) is 36.0 Å². The smallest absolute Gasteiger partial charge is 0.315 e. The number of amides is 2. The molecule has 1 heterocycles. The summed E-state index contributed by atoms with van der Waals surface area (Å²) in [6, 6.07) is 8.97. The predicted molar refractivity (Wildman–Crippen MR) is 96.5 cm³/mol. The lowest BCUT2D eigenvalue weighted by atomic mass is 10.1. The van der Waals surface area contributed by atoms with E-state index in [-0.39, 0.29) is 18.7 Å². The Morgan fingerprint density at radius 1 is 1.21 bits per heavy atom. The molecule has 6 heteroatoms. The molecule has 1 unspecified atom stereocenters. The number of urea groups is 1. The van der Waals surface area contributed by atoms with Gasteiger partial charge in [0.15, 0.2) is 0 Å². The molecule has 3 N–H and O–H groups in total. The fourth-order valence-corrected chi connectivity index (χ4v) is 3.00. The average molecular weight is 348 g/mol. The van der Waals surface area contributed by atoms with Crippen LogP contribution in [0.15, 0.2) is 35.7 Å². The maximum Gasteiger partial charge on any atom is 0.315 e. The summed E-state index contributed by atoms with van der Waals surface area (Å²) in [7, 11) is 0. The first-order chi connectivity index (χ1) is 11.5. The maximum atomic E-state index is 11.8. The Bertz CT molecular complexity index is 653. The van der Waals surface area contributed by atoms with Crippen molar-refractivity contribution in [2.75, 3.05) is 6.54 Å². The van der Waals surface area contributed by atoms with Gasteiger partial charge in [0, 0.05) is 11.4 Å². The van der Waals surface area contributed by atoms with Crippen LogP contribution in [0.3, 0.4) is 0 Å². The zero-order valence-electron chi connectivity index (χ0n) is 14.2. The van der Waals surface area contributed by atoms with Crippen LogP contribution in [0.2, 0.25) is 0 Å². The highest BCUT2D eigenvalue weighted by Gasteiger charge is 2.10. The zero-order valence-corrected chi connectivity index (χ0v) is 15.0. The lowest BCUT2D eigenvalue weighted by Crippen LogP contribution is -2.37. The molecule has 24 heavy (non-hydrogen) atoms. The molecule has 2 rings (SSSR count).